The molecular weight excluding hydrogens is 348 g/mol. The molecule has 9 heteroatoms. The highest BCUT2D eigenvalue weighted by Gasteiger charge is 2.26. The number of likely N-dealkylation sites (tertiary alicyclic amines) is 1. The van der Waals surface area contributed by atoms with Crippen LogP contribution in [0.2, 0.25) is 0 Å². The Labute approximate surface area is 155 Å². The van der Waals surface area contributed by atoms with Gasteiger partial charge in [-0.05, 0) is 38.0 Å². The first-order valence-electron chi connectivity index (χ1n) is 8.85. The Morgan fingerprint density at radius 1 is 1.41 bits per heavy atom. The number of ether oxygens (including phenoxy) is 1. The van der Waals surface area contributed by atoms with Crippen LogP contribution < -0.4 is 0 Å². The van der Waals surface area contributed by atoms with E-state index in [-0.39, 0.29) is 18.6 Å². The van der Waals surface area contributed by atoms with Crippen molar-refractivity contribution in [1.29, 1.82) is 0 Å². The number of rotatable bonds is 5. The average Bonchev–Trinajstić information content (AvgIpc) is 3.36. The number of carbonyl (C=O) groups excluding carboxylic acids is 1. The summed E-state index contributed by atoms with van der Waals surface area (Å²) in [5.74, 6) is 0.837. The lowest BCUT2D eigenvalue weighted by Gasteiger charge is -2.31. The van der Waals surface area contributed by atoms with E-state index < -0.39 is 0 Å². The van der Waals surface area contributed by atoms with Gasteiger partial charge in [0.2, 0.25) is 5.82 Å². The maximum Gasteiger partial charge on any atom is 0.274 e. The van der Waals surface area contributed by atoms with Crippen molar-refractivity contribution in [3.05, 3.63) is 47.9 Å². The summed E-state index contributed by atoms with van der Waals surface area (Å²) in [6.07, 6.45) is 5.05. The molecule has 0 saturated carbocycles. The number of carbonyl (C=O) groups is 1. The SMILES string of the molecule is Cc1cc(C(=O)N2CCCC(OCc3nc(-c4ccncc4)no3)C2)n[nH]1. The van der Waals surface area contributed by atoms with Crippen LogP contribution in [0.15, 0.2) is 35.1 Å². The summed E-state index contributed by atoms with van der Waals surface area (Å²) < 4.78 is 11.2. The van der Waals surface area contributed by atoms with E-state index in [0.29, 0.717) is 30.5 Å². The number of nitrogens with zero attached hydrogens (tertiary/aromatic N) is 5. The molecule has 3 aromatic rings. The van der Waals surface area contributed by atoms with Crippen LogP contribution in [0.5, 0.6) is 0 Å². The van der Waals surface area contributed by atoms with Crippen molar-refractivity contribution in [1.82, 2.24) is 30.2 Å². The quantitative estimate of drug-likeness (QED) is 0.733. The lowest BCUT2D eigenvalue weighted by molar-refractivity contribution is -0.0155. The normalized spacial score (nSPS) is 17.2. The number of amides is 1. The third-order valence-electron chi connectivity index (χ3n) is 4.44. The van der Waals surface area contributed by atoms with Gasteiger partial charge >= 0.3 is 0 Å². The van der Waals surface area contributed by atoms with Gasteiger partial charge in [-0.3, -0.25) is 14.9 Å². The number of aryl methyl sites for hydroxylation is 1. The number of aromatic amines is 1. The molecule has 1 atom stereocenters. The van der Waals surface area contributed by atoms with Crippen molar-refractivity contribution in [3.63, 3.8) is 0 Å². The predicted molar refractivity (Wildman–Crippen MR) is 94.6 cm³/mol. The third kappa shape index (κ3) is 4.03. The van der Waals surface area contributed by atoms with Gasteiger partial charge in [-0.2, -0.15) is 10.1 Å². The Balaban J connectivity index is 1.33. The Bertz CT molecular complexity index is 907. The second kappa shape index (κ2) is 7.67. The van der Waals surface area contributed by atoms with E-state index in [1.54, 1.807) is 23.4 Å². The van der Waals surface area contributed by atoms with Gasteiger partial charge in [-0.15, -0.1) is 0 Å². The smallest absolute Gasteiger partial charge is 0.274 e. The fourth-order valence-electron chi connectivity index (χ4n) is 3.07. The van der Waals surface area contributed by atoms with Crippen LogP contribution in [0.3, 0.4) is 0 Å². The van der Waals surface area contributed by atoms with Crippen molar-refractivity contribution in [3.8, 4) is 11.4 Å². The maximum absolute atomic E-state index is 12.5. The molecule has 3 aromatic heterocycles. The monoisotopic (exact) mass is 368 g/mol. The molecule has 1 fully saturated rings. The predicted octanol–water partition coefficient (Wildman–Crippen LogP) is 1.98. The zero-order valence-corrected chi connectivity index (χ0v) is 15.0. The van der Waals surface area contributed by atoms with Crippen LogP contribution in [-0.2, 0) is 11.3 Å². The number of hydrogen-bond acceptors (Lipinski definition) is 7. The first-order valence-corrected chi connectivity index (χ1v) is 8.85. The number of aromatic nitrogens is 5. The van der Waals surface area contributed by atoms with E-state index in [4.69, 9.17) is 9.26 Å². The molecular formula is C18H20N6O3. The summed E-state index contributed by atoms with van der Waals surface area (Å²) in [6, 6.07) is 5.39. The van der Waals surface area contributed by atoms with Crippen LogP contribution in [-0.4, -0.2) is 55.3 Å². The van der Waals surface area contributed by atoms with Gasteiger partial charge in [-0.25, -0.2) is 0 Å². The molecule has 1 aliphatic heterocycles. The molecule has 0 aromatic carbocycles. The lowest BCUT2D eigenvalue weighted by Crippen LogP contribution is -2.43. The van der Waals surface area contributed by atoms with E-state index in [1.807, 2.05) is 19.1 Å². The van der Waals surface area contributed by atoms with E-state index in [9.17, 15) is 4.79 Å². The summed E-state index contributed by atoms with van der Waals surface area (Å²) >= 11 is 0. The Hall–Kier alpha value is -3.07. The summed E-state index contributed by atoms with van der Waals surface area (Å²) in [5.41, 5.74) is 2.14. The Morgan fingerprint density at radius 2 is 2.26 bits per heavy atom. The minimum Gasteiger partial charge on any atom is -0.367 e. The van der Waals surface area contributed by atoms with Crippen molar-refractivity contribution >= 4 is 5.91 Å². The van der Waals surface area contributed by atoms with E-state index in [0.717, 1.165) is 24.1 Å². The standard InChI is InChI=1S/C18H20N6O3/c1-12-9-15(22-21-12)18(25)24-8-2-3-14(10-24)26-11-16-20-17(23-27-16)13-4-6-19-7-5-13/h4-7,9,14H,2-3,8,10-11H2,1H3,(H,21,22). The van der Waals surface area contributed by atoms with Gasteiger partial charge in [0.25, 0.3) is 11.8 Å². The van der Waals surface area contributed by atoms with Crippen molar-refractivity contribution in [2.75, 3.05) is 13.1 Å². The number of hydrogen-bond donors (Lipinski definition) is 1. The zero-order valence-electron chi connectivity index (χ0n) is 15.0. The van der Waals surface area contributed by atoms with Gasteiger partial charge in [0.05, 0.1) is 6.10 Å². The van der Waals surface area contributed by atoms with Crippen LogP contribution >= 0.6 is 0 Å². The second-order valence-corrected chi connectivity index (χ2v) is 6.51. The first-order chi connectivity index (χ1) is 13.2. The number of pyridine rings is 1. The molecule has 1 N–H and O–H groups in total. The topological polar surface area (TPSA) is 110 Å². The molecule has 1 saturated heterocycles. The van der Waals surface area contributed by atoms with E-state index >= 15 is 0 Å². The fourth-order valence-corrected chi connectivity index (χ4v) is 3.07. The summed E-state index contributed by atoms with van der Waals surface area (Å²) in [4.78, 5) is 22.6. The molecule has 27 heavy (non-hydrogen) atoms. The van der Waals surface area contributed by atoms with Crippen molar-refractivity contribution in [2.45, 2.75) is 32.5 Å². The van der Waals surface area contributed by atoms with Crippen LogP contribution in [0.1, 0.15) is 34.9 Å². The first kappa shape index (κ1) is 17.3. The summed E-state index contributed by atoms with van der Waals surface area (Å²) in [6.45, 7) is 3.32. The van der Waals surface area contributed by atoms with Gasteiger partial charge in [0.1, 0.15) is 12.3 Å². The molecule has 4 heterocycles. The largest absolute Gasteiger partial charge is 0.367 e. The molecule has 1 unspecified atom stereocenters. The van der Waals surface area contributed by atoms with Crippen molar-refractivity contribution < 1.29 is 14.1 Å². The maximum atomic E-state index is 12.5. The minimum atomic E-state index is -0.0783. The lowest BCUT2D eigenvalue weighted by atomic mass is 10.1. The third-order valence-corrected chi connectivity index (χ3v) is 4.44. The van der Waals surface area contributed by atoms with E-state index in [1.165, 1.54) is 0 Å². The Morgan fingerprint density at radius 3 is 3.04 bits per heavy atom. The molecule has 0 aliphatic carbocycles. The Kier molecular flexibility index (Phi) is 4.93. The van der Waals surface area contributed by atoms with Gasteiger partial charge in [0.15, 0.2) is 0 Å². The highest BCUT2D eigenvalue weighted by atomic mass is 16.5. The molecule has 0 bridgehead atoms. The second-order valence-electron chi connectivity index (χ2n) is 6.51. The van der Waals surface area contributed by atoms with Gasteiger partial charge in [-0.1, -0.05) is 5.16 Å². The molecule has 0 radical (unpaired) electrons. The molecule has 4 rings (SSSR count). The summed E-state index contributed by atoms with van der Waals surface area (Å²) in [5, 5.41) is 10.8. The van der Waals surface area contributed by atoms with Gasteiger partial charge in [0, 0.05) is 36.7 Å². The molecule has 1 amide bonds. The average molecular weight is 368 g/mol. The summed E-state index contributed by atoms with van der Waals surface area (Å²) in [7, 11) is 0. The number of nitrogens with one attached hydrogen (secondary N) is 1. The van der Waals surface area contributed by atoms with Crippen LogP contribution in [0, 0.1) is 6.92 Å². The van der Waals surface area contributed by atoms with Crippen LogP contribution in [0.4, 0.5) is 0 Å². The zero-order chi connectivity index (χ0) is 18.6. The number of piperidine rings is 1. The molecule has 9 nitrogen and oxygen atoms in total. The molecule has 140 valence electrons. The van der Waals surface area contributed by atoms with Crippen LogP contribution in [0.25, 0.3) is 11.4 Å². The molecule has 1 aliphatic rings. The van der Waals surface area contributed by atoms with Crippen molar-refractivity contribution in [2.24, 2.45) is 0 Å². The molecule has 0 spiro atoms. The van der Waals surface area contributed by atoms with Gasteiger partial charge < -0.3 is 14.2 Å². The number of H-pyrrole nitrogens is 1. The van der Waals surface area contributed by atoms with E-state index in [2.05, 4.69) is 25.3 Å². The fraction of sp³-hybridized carbons (Fsp3) is 0.389. The minimum absolute atomic E-state index is 0.0704. The highest BCUT2D eigenvalue weighted by Crippen LogP contribution is 2.18. The highest BCUT2D eigenvalue weighted by molar-refractivity contribution is 5.92.